The Kier molecular flexibility index (Phi) is 3.53. The van der Waals surface area contributed by atoms with Crippen molar-refractivity contribution in [3.05, 3.63) is 40.9 Å². The summed E-state index contributed by atoms with van der Waals surface area (Å²) in [4.78, 5) is 0. The molecule has 0 aliphatic rings. The van der Waals surface area contributed by atoms with E-state index in [1.807, 2.05) is 30.3 Å². The molecular weight excluding hydrogens is 186 g/mol. The summed E-state index contributed by atoms with van der Waals surface area (Å²) in [7, 11) is 0. The third-order valence-electron chi connectivity index (χ3n) is 1.54. The van der Waals surface area contributed by atoms with E-state index < -0.39 is 0 Å². The van der Waals surface area contributed by atoms with Crippen LogP contribution in [0.15, 0.2) is 35.5 Å². The maximum atomic E-state index is 8.37. The fourth-order valence-electron chi connectivity index (χ4n) is 0.824. The Morgan fingerprint density at radius 2 is 2.00 bits per heavy atom. The van der Waals surface area contributed by atoms with E-state index in [2.05, 4.69) is 5.16 Å². The second kappa shape index (κ2) is 4.67. The second-order valence-electron chi connectivity index (χ2n) is 2.63. The highest BCUT2D eigenvalue weighted by molar-refractivity contribution is 6.30. The van der Waals surface area contributed by atoms with Crippen LogP contribution in [0.2, 0.25) is 5.02 Å². The van der Waals surface area contributed by atoms with Crippen LogP contribution in [0.5, 0.6) is 0 Å². The minimum absolute atomic E-state index is 0.565. The molecule has 0 amide bonds. The summed E-state index contributed by atoms with van der Waals surface area (Å²) in [5, 5.41) is 12.1. The molecule has 13 heavy (non-hydrogen) atoms. The van der Waals surface area contributed by atoms with Crippen molar-refractivity contribution in [2.75, 3.05) is 0 Å². The lowest BCUT2D eigenvalue weighted by molar-refractivity contribution is 0.319. The van der Waals surface area contributed by atoms with Gasteiger partial charge in [-0.25, -0.2) is 0 Å². The molecule has 2 nitrogen and oxygen atoms in total. The monoisotopic (exact) mass is 195 g/mol. The fraction of sp³-hybridized carbons (Fsp3) is 0.100. The molecule has 0 fully saturated rings. The van der Waals surface area contributed by atoms with Gasteiger partial charge in [0.1, 0.15) is 0 Å². The molecule has 0 saturated heterocycles. The van der Waals surface area contributed by atoms with Gasteiger partial charge in [-0.2, -0.15) is 0 Å². The van der Waals surface area contributed by atoms with E-state index in [9.17, 15) is 0 Å². The Hall–Kier alpha value is -1.28. The molecule has 0 spiro atoms. The van der Waals surface area contributed by atoms with E-state index in [4.69, 9.17) is 16.8 Å². The molecule has 0 radical (unpaired) electrons. The molecule has 0 unspecified atom stereocenters. The quantitative estimate of drug-likeness (QED) is 0.439. The zero-order valence-electron chi connectivity index (χ0n) is 7.24. The molecule has 0 aromatic heterocycles. The van der Waals surface area contributed by atoms with Crippen molar-refractivity contribution < 1.29 is 5.21 Å². The minimum atomic E-state index is 0.565. The number of halogens is 1. The van der Waals surface area contributed by atoms with Gasteiger partial charge >= 0.3 is 0 Å². The van der Waals surface area contributed by atoms with Crippen LogP contribution in [0.3, 0.4) is 0 Å². The zero-order valence-corrected chi connectivity index (χ0v) is 7.99. The van der Waals surface area contributed by atoms with Gasteiger partial charge in [0.25, 0.3) is 0 Å². The van der Waals surface area contributed by atoms with Gasteiger partial charge in [0.2, 0.25) is 0 Å². The van der Waals surface area contributed by atoms with Crippen molar-refractivity contribution in [3.63, 3.8) is 0 Å². The molecule has 0 heterocycles. The highest BCUT2D eigenvalue weighted by Gasteiger charge is 1.88. The fourth-order valence-corrected chi connectivity index (χ4v) is 0.950. The van der Waals surface area contributed by atoms with E-state index in [0.717, 1.165) is 5.56 Å². The van der Waals surface area contributed by atoms with Gasteiger partial charge in [-0.05, 0) is 30.7 Å². The van der Waals surface area contributed by atoms with Gasteiger partial charge in [-0.1, -0.05) is 35.0 Å². The van der Waals surface area contributed by atoms with Gasteiger partial charge in [0.05, 0.1) is 5.71 Å². The van der Waals surface area contributed by atoms with Crippen molar-refractivity contribution in [2.24, 2.45) is 5.16 Å². The molecule has 1 aromatic carbocycles. The van der Waals surface area contributed by atoms with E-state index in [-0.39, 0.29) is 0 Å². The normalized spacial score (nSPS) is 12.3. The Balaban J connectivity index is 2.75. The molecule has 0 bridgehead atoms. The zero-order chi connectivity index (χ0) is 9.68. The van der Waals surface area contributed by atoms with Crippen LogP contribution in [-0.2, 0) is 0 Å². The van der Waals surface area contributed by atoms with Gasteiger partial charge in [0, 0.05) is 5.02 Å². The van der Waals surface area contributed by atoms with Crippen molar-refractivity contribution in [1.82, 2.24) is 0 Å². The molecule has 1 rings (SSSR count). The third-order valence-corrected chi connectivity index (χ3v) is 1.80. The first-order valence-corrected chi connectivity index (χ1v) is 4.22. The van der Waals surface area contributed by atoms with Crippen LogP contribution in [0, 0.1) is 0 Å². The predicted molar refractivity (Wildman–Crippen MR) is 55.4 cm³/mol. The maximum absolute atomic E-state index is 8.37. The Labute approximate surface area is 82.1 Å². The summed E-state index contributed by atoms with van der Waals surface area (Å²) >= 11 is 5.71. The third kappa shape index (κ3) is 3.30. The van der Waals surface area contributed by atoms with Gasteiger partial charge in [0.15, 0.2) is 0 Å². The van der Waals surface area contributed by atoms with Crippen LogP contribution in [0.4, 0.5) is 0 Å². The van der Waals surface area contributed by atoms with Crippen molar-refractivity contribution >= 4 is 23.4 Å². The number of hydrogen-bond donors (Lipinski definition) is 1. The first-order chi connectivity index (χ1) is 6.22. The molecule has 1 N–H and O–H groups in total. The number of benzene rings is 1. The number of nitrogens with zero attached hydrogens (tertiary/aromatic N) is 1. The molecule has 68 valence electrons. The summed E-state index contributed by atoms with van der Waals surface area (Å²) in [6.45, 7) is 1.71. The first-order valence-electron chi connectivity index (χ1n) is 3.84. The maximum Gasteiger partial charge on any atom is 0.0765 e. The smallest absolute Gasteiger partial charge is 0.0765 e. The van der Waals surface area contributed by atoms with Crippen molar-refractivity contribution in [1.29, 1.82) is 0 Å². The van der Waals surface area contributed by atoms with Crippen LogP contribution < -0.4 is 0 Å². The highest BCUT2D eigenvalue weighted by Crippen LogP contribution is 2.10. The topological polar surface area (TPSA) is 32.6 Å². The highest BCUT2D eigenvalue weighted by atomic mass is 35.5. The van der Waals surface area contributed by atoms with Crippen LogP contribution in [0.25, 0.3) is 6.08 Å². The van der Waals surface area contributed by atoms with E-state index >= 15 is 0 Å². The van der Waals surface area contributed by atoms with Gasteiger partial charge < -0.3 is 5.21 Å². The Morgan fingerprint density at radius 1 is 1.38 bits per heavy atom. The van der Waals surface area contributed by atoms with Gasteiger partial charge in [-0.15, -0.1) is 0 Å². The van der Waals surface area contributed by atoms with Crippen LogP contribution in [-0.4, -0.2) is 10.9 Å². The average molecular weight is 196 g/mol. The summed E-state index contributed by atoms with van der Waals surface area (Å²) < 4.78 is 0. The standard InChI is InChI=1S/C10H10ClNO/c1-8(12-13)2-3-9-4-6-10(11)7-5-9/h2-7,13H,1H3. The SMILES string of the molecule is CC(C=Cc1ccc(Cl)cc1)=NO. The second-order valence-corrected chi connectivity index (χ2v) is 3.06. The summed E-state index contributed by atoms with van der Waals surface area (Å²) in [5.41, 5.74) is 1.59. The summed E-state index contributed by atoms with van der Waals surface area (Å²) in [5.74, 6) is 0. The molecule has 0 aliphatic carbocycles. The largest absolute Gasteiger partial charge is 0.411 e. The van der Waals surface area contributed by atoms with Crippen molar-refractivity contribution in [2.45, 2.75) is 6.92 Å². The molecule has 1 aromatic rings. The van der Waals surface area contributed by atoms with Crippen molar-refractivity contribution in [3.8, 4) is 0 Å². The first kappa shape index (κ1) is 9.81. The van der Waals surface area contributed by atoms with Gasteiger partial charge in [-0.3, -0.25) is 0 Å². The molecule has 3 heteroatoms. The number of allylic oxidation sites excluding steroid dienone is 1. The van der Waals surface area contributed by atoms with E-state index in [0.29, 0.717) is 10.7 Å². The lowest BCUT2D eigenvalue weighted by atomic mass is 10.2. The van der Waals surface area contributed by atoms with Crippen LogP contribution in [0.1, 0.15) is 12.5 Å². The minimum Gasteiger partial charge on any atom is -0.411 e. The lowest BCUT2D eigenvalue weighted by Gasteiger charge is -1.92. The Morgan fingerprint density at radius 3 is 2.54 bits per heavy atom. The van der Waals surface area contributed by atoms with E-state index in [1.54, 1.807) is 13.0 Å². The number of rotatable bonds is 2. The molecule has 0 aliphatic heterocycles. The average Bonchev–Trinajstić information content (AvgIpc) is 2.16. The molecular formula is C10H10ClNO. The molecule has 0 saturated carbocycles. The Bertz CT molecular complexity index is 327. The lowest BCUT2D eigenvalue weighted by Crippen LogP contribution is -1.82. The van der Waals surface area contributed by atoms with E-state index in [1.165, 1.54) is 0 Å². The number of oxime groups is 1. The van der Waals surface area contributed by atoms with Crippen LogP contribution >= 0.6 is 11.6 Å². The summed E-state index contributed by atoms with van der Waals surface area (Å²) in [6, 6.07) is 7.41. The summed E-state index contributed by atoms with van der Waals surface area (Å²) in [6.07, 6.45) is 3.58. The molecule has 0 atom stereocenters. The number of hydrogen-bond acceptors (Lipinski definition) is 2. The predicted octanol–water partition coefficient (Wildman–Crippen LogP) is 3.20.